The number of hydrogen-bond acceptors (Lipinski definition) is 8. The summed E-state index contributed by atoms with van der Waals surface area (Å²) in [6.07, 6.45) is 8.19. The molecule has 44 heavy (non-hydrogen) atoms. The number of ether oxygens (including phenoxy) is 4. The van der Waals surface area contributed by atoms with Gasteiger partial charge in [-0.1, -0.05) is 63.6 Å². The molecule has 1 heterocycles. The molecule has 0 aromatic heterocycles. The molecule has 1 aromatic rings. The summed E-state index contributed by atoms with van der Waals surface area (Å²) in [5, 5.41) is 0. The van der Waals surface area contributed by atoms with Crippen LogP contribution in [0.3, 0.4) is 0 Å². The topological polar surface area (TPSA) is 118 Å². The number of benzene rings is 1. The van der Waals surface area contributed by atoms with Crippen LogP contribution >= 0.6 is 7.60 Å². The van der Waals surface area contributed by atoms with Gasteiger partial charge in [-0.2, -0.15) is 0 Å². The monoisotopic (exact) mass is 668 g/mol. The number of cyclic esters (lactones) is 1. The van der Waals surface area contributed by atoms with Gasteiger partial charge in [0.05, 0.1) is 31.9 Å². The highest BCUT2D eigenvalue weighted by Gasteiger charge is 2.35. The Morgan fingerprint density at radius 1 is 0.977 bits per heavy atom. The number of carbonyl (C=O) groups is 2. The van der Waals surface area contributed by atoms with Crippen LogP contribution < -0.4 is 9.47 Å². The fourth-order valence-corrected chi connectivity index (χ4v) is 6.67. The predicted octanol–water partition coefficient (Wildman–Crippen LogP) is 7.55. The highest BCUT2D eigenvalue weighted by atomic mass is 31.2. The van der Waals surface area contributed by atoms with Gasteiger partial charge >= 0.3 is 19.5 Å². The Hall–Kier alpha value is -2.18. The van der Waals surface area contributed by atoms with Crippen molar-refractivity contribution < 1.29 is 42.5 Å². The summed E-state index contributed by atoms with van der Waals surface area (Å²) in [5.74, 6) is 0.474. The van der Waals surface area contributed by atoms with E-state index in [4.69, 9.17) is 18.9 Å². The van der Waals surface area contributed by atoms with Gasteiger partial charge in [0.25, 0.3) is 0 Å². The average molecular weight is 669 g/mol. The van der Waals surface area contributed by atoms with E-state index in [1.165, 1.54) is 7.11 Å². The van der Waals surface area contributed by atoms with Crippen molar-refractivity contribution in [1.82, 2.24) is 0 Å². The molecular weight excluding hydrogens is 615 g/mol. The third-order valence-corrected chi connectivity index (χ3v) is 12.4. The van der Waals surface area contributed by atoms with Crippen LogP contribution in [0.15, 0.2) is 24.3 Å². The summed E-state index contributed by atoms with van der Waals surface area (Å²) in [4.78, 5) is 35.9. The second-order valence-corrected chi connectivity index (χ2v) is 27.4. The van der Waals surface area contributed by atoms with Crippen molar-refractivity contribution in [3.8, 4) is 11.5 Å². The molecule has 0 spiro atoms. The minimum absolute atomic E-state index is 0.138. The van der Waals surface area contributed by atoms with Crippen LogP contribution in [0.1, 0.15) is 46.8 Å². The molecule has 0 saturated carbocycles. The van der Waals surface area contributed by atoms with Crippen LogP contribution in [0.5, 0.6) is 11.5 Å². The molecule has 1 aliphatic heterocycles. The van der Waals surface area contributed by atoms with E-state index in [0.717, 1.165) is 28.8 Å². The summed E-state index contributed by atoms with van der Waals surface area (Å²) >= 11 is 0. The zero-order valence-corrected chi connectivity index (χ0v) is 31.2. The van der Waals surface area contributed by atoms with Gasteiger partial charge in [-0.05, 0) is 50.8 Å². The molecule has 2 unspecified atom stereocenters. The summed E-state index contributed by atoms with van der Waals surface area (Å²) in [5.41, 5.74) is 2.00. The highest BCUT2D eigenvalue weighted by Crippen LogP contribution is 2.43. The van der Waals surface area contributed by atoms with E-state index in [2.05, 4.69) is 43.8 Å². The minimum Gasteiger partial charge on any atom is -0.496 e. The number of hydrogen-bond donors (Lipinski definition) is 1. The van der Waals surface area contributed by atoms with Gasteiger partial charge in [-0.25, -0.2) is 4.79 Å². The van der Waals surface area contributed by atoms with Crippen molar-refractivity contribution in [2.45, 2.75) is 91.1 Å². The van der Waals surface area contributed by atoms with E-state index >= 15 is 0 Å². The molecule has 0 bridgehead atoms. The van der Waals surface area contributed by atoms with Gasteiger partial charge in [0.15, 0.2) is 0 Å². The molecule has 1 aliphatic rings. The van der Waals surface area contributed by atoms with E-state index < -0.39 is 29.2 Å². The van der Waals surface area contributed by atoms with E-state index in [9.17, 15) is 19.0 Å². The lowest BCUT2D eigenvalue weighted by Gasteiger charge is -2.26. The first-order valence-corrected chi connectivity index (χ1v) is 24.4. The molecule has 2 rings (SSSR count). The maximum atomic E-state index is 13.3. The Balaban J connectivity index is 2.34. The van der Waals surface area contributed by atoms with Gasteiger partial charge in [-0.3, -0.25) is 9.36 Å². The van der Waals surface area contributed by atoms with Crippen molar-refractivity contribution in [2.24, 2.45) is 5.41 Å². The molecular formula is C32H53O9PSi2. The summed E-state index contributed by atoms with van der Waals surface area (Å²) in [7, 11) is -3.66. The zero-order chi connectivity index (χ0) is 33.3. The molecule has 0 fully saturated rings. The van der Waals surface area contributed by atoms with Crippen molar-refractivity contribution >= 4 is 35.7 Å². The molecule has 0 aliphatic carbocycles. The SMILES string of the molecule is COc1c(C)c2c(c(OCC[Si](C)(C)C)c1CC=CCC(C)(CC=CCP(=O)(O)OC)C(=O)OCC[Si](C)(C)C)C(=O)OC2. The van der Waals surface area contributed by atoms with Gasteiger partial charge in [0.2, 0.25) is 0 Å². The largest absolute Gasteiger partial charge is 0.496 e. The molecule has 0 saturated heterocycles. The summed E-state index contributed by atoms with van der Waals surface area (Å²) in [6.45, 7) is 18.3. The second kappa shape index (κ2) is 15.9. The number of allylic oxidation sites excluding steroid dienone is 4. The Morgan fingerprint density at radius 2 is 1.57 bits per heavy atom. The molecule has 12 heteroatoms. The molecule has 9 nitrogen and oxygen atoms in total. The van der Waals surface area contributed by atoms with Gasteiger partial charge in [0, 0.05) is 34.4 Å². The average Bonchev–Trinajstić information content (AvgIpc) is 3.31. The molecule has 0 radical (unpaired) electrons. The third kappa shape index (κ3) is 11.3. The minimum atomic E-state index is -3.69. The first-order valence-electron chi connectivity index (χ1n) is 15.2. The number of fused-ring (bicyclic) bond motifs is 1. The normalized spacial score (nSPS) is 16.5. The quantitative estimate of drug-likeness (QED) is 0.0732. The maximum absolute atomic E-state index is 13.3. The van der Waals surface area contributed by atoms with Crippen LogP contribution in [-0.2, 0) is 36.4 Å². The van der Waals surface area contributed by atoms with Crippen LogP contribution in [0.25, 0.3) is 0 Å². The lowest BCUT2D eigenvalue weighted by molar-refractivity contribution is -0.154. The molecule has 248 valence electrons. The Morgan fingerprint density at radius 3 is 2.14 bits per heavy atom. The van der Waals surface area contributed by atoms with Gasteiger partial charge in [-0.15, -0.1) is 0 Å². The second-order valence-electron chi connectivity index (χ2n) is 14.1. The van der Waals surface area contributed by atoms with Gasteiger partial charge in [0.1, 0.15) is 23.7 Å². The third-order valence-electron chi connectivity index (χ3n) is 7.72. The number of esters is 2. The van der Waals surface area contributed by atoms with E-state index in [-0.39, 0.29) is 24.7 Å². The summed E-state index contributed by atoms with van der Waals surface area (Å²) < 4.78 is 39.8. The van der Waals surface area contributed by atoms with E-state index in [1.54, 1.807) is 19.3 Å². The lowest BCUT2D eigenvalue weighted by atomic mass is 9.83. The standard InChI is InChI=1S/C32H53O9PSi2/c1-24-26-23-41-30(33)27(26)29(39-18-21-43(5,6)7)25(28(24)37-3)15-11-12-16-32(2,17-13-14-20-42(35,36)38-4)31(34)40-19-22-44(8,9)10/h11-14H,15-23H2,1-10H3,(H,35,36). The zero-order valence-electron chi connectivity index (χ0n) is 28.3. The van der Waals surface area contributed by atoms with Gasteiger partial charge < -0.3 is 28.4 Å². The van der Waals surface area contributed by atoms with Crippen molar-refractivity contribution in [1.29, 1.82) is 0 Å². The highest BCUT2D eigenvalue weighted by molar-refractivity contribution is 7.53. The van der Waals surface area contributed by atoms with Crippen molar-refractivity contribution in [3.63, 3.8) is 0 Å². The van der Waals surface area contributed by atoms with Crippen LogP contribution in [0.4, 0.5) is 0 Å². The van der Waals surface area contributed by atoms with E-state index in [1.807, 2.05) is 26.0 Å². The number of methoxy groups -OCH3 is 1. The Kier molecular flexibility index (Phi) is 13.7. The maximum Gasteiger partial charge on any atom is 0.342 e. The van der Waals surface area contributed by atoms with Crippen molar-refractivity contribution in [2.75, 3.05) is 33.6 Å². The summed E-state index contributed by atoms with van der Waals surface area (Å²) in [6, 6.07) is 1.80. The smallest absolute Gasteiger partial charge is 0.342 e. The van der Waals surface area contributed by atoms with E-state index in [0.29, 0.717) is 49.5 Å². The molecule has 1 N–H and O–H groups in total. The number of carbonyl (C=O) groups excluding carboxylic acids is 2. The fraction of sp³-hybridized carbons (Fsp3) is 0.625. The first-order chi connectivity index (χ1) is 20.3. The first kappa shape index (κ1) is 38.0. The fourth-order valence-electron chi connectivity index (χ4n) is 4.67. The predicted molar refractivity (Wildman–Crippen MR) is 181 cm³/mol. The number of rotatable bonds is 18. The molecule has 2 atom stereocenters. The Bertz CT molecular complexity index is 1280. The molecule has 1 aromatic carbocycles. The van der Waals surface area contributed by atoms with Crippen LogP contribution in [0, 0.1) is 12.3 Å². The lowest BCUT2D eigenvalue weighted by Crippen LogP contribution is -2.31. The Labute approximate surface area is 265 Å². The van der Waals surface area contributed by atoms with Crippen molar-refractivity contribution in [3.05, 3.63) is 46.6 Å². The van der Waals surface area contributed by atoms with Crippen LogP contribution in [-0.4, -0.2) is 66.6 Å². The molecule has 0 amide bonds. The van der Waals surface area contributed by atoms with Crippen LogP contribution in [0.2, 0.25) is 51.4 Å².